The van der Waals surface area contributed by atoms with Gasteiger partial charge in [-0.15, -0.1) is 34.4 Å². The number of hydrogen-bond donors (Lipinski definition) is 2. The SMILES string of the molecule is CCC(CC(C)Cn1c(=O)/c(=c2\s/c(=C\c3ccc4c(c3)C3CCCC3N4c3ccc4c(c3)c3cc(-c5ccc(SC)cc5)ccc3n4C)c(=O)n2CC(=O)O)s/c1=C1/SC(=S)N(CC)C1=O)C(=O)O. The van der Waals surface area contributed by atoms with Crippen LogP contribution >= 0.6 is 58.4 Å². The van der Waals surface area contributed by atoms with Crippen LogP contribution in [0.3, 0.4) is 0 Å². The van der Waals surface area contributed by atoms with Gasteiger partial charge in [0.15, 0.2) is 0 Å². The fourth-order valence-corrected chi connectivity index (χ4v) is 15.1. The minimum absolute atomic E-state index is 0.108. The first-order valence-corrected chi connectivity index (χ1v) is 27.5. The number of nitrogens with zero attached hydrogens (tertiary/aromatic N) is 5. The Morgan fingerprint density at radius 2 is 1.60 bits per heavy atom. The Hall–Kier alpha value is -5.72. The fraction of sp³-hybridized carbons (Fsp3) is 0.321. The number of aliphatic carboxylic acids is 2. The average molecular weight is 1030 g/mol. The normalized spacial score (nSPS) is 19.2. The molecule has 70 heavy (non-hydrogen) atoms. The van der Waals surface area contributed by atoms with E-state index in [0.717, 1.165) is 80.7 Å². The first-order chi connectivity index (χ1) is 33.7. The van der Waals surface area contributed by atoms with E-state index in [1.165, 1.54) is 47.3 Å². The van der Waals surface area contributed by atoms with Gasteiger partial charge in [-0.2, -0.15) is 0 Å². The molecule has 17 heteroatoms. The highest BCUT2D eigenvalue weighted by Crippen LogP contribution is 2.53. The maximum absolute atomic E-state index is 14.6. The highest BCUT2D eigenvalue weighted by molar-refractivity contribution is 8.30. The molecule has 0 radical (unpaired) electrons. The maximum Gasteiger partial charge on any atom is 0.323 e. The molecule has 7 aromatic rings. The number of aryl methyl sites for hydroxylation is 1. The summed E-state index contributed by atoms with van der Waals surface area (Å²) in [5.74, 6) is -3.12. The summed E-state index contributed by atoms with van der Waals surface area (Å²) in [4.78, 5) is 72.5. The number of thiocarbonyl (C=S) groups is 1. The number of fused-ring (bicyclic) bond motifs is 6. The summed E-state index contributed by atoms with van der Waals surface area (Å²) in [6.07, 6.45) is 7.75. The van der Waals surface area contributed by atoms with Gasteiger partial charge in [0.25, 0.3) is 17.0 Å². The molecule has 2 N–H and O–H groups in total. The van der Waals surface area contributed by atoms with Crippen LogP contribution in [0.4, 0.5) is 11.4 Å². The maximum atomic E-state index is 14.6. The van der Waals surface area contributed by atoms with Crippen molar-refractivity contribution in [3.05, 3.63) is 129 Å². The number of thioether (sulfide) groups is 2. The van der Waals surface area contributed by atoms with Crippen molar-refractivity contribution in [1.82, 2.24) is 18.6 Å². The molecule has 1 aliphatic carbocycles. The van der Waals surface area contributed by atoms with E-state index < -0.39 is 35.5 Å². The molecule has 5 heterocycles. The zero-order valence-corrected chi connectivity index (χ0v) is 43.3. The van der Waals surface area contributed by atoms with Gasteiger partial charge in [0.1, 0.15) is 29.6 Å². The van der Waals surface area contributed by atoms with Crippen molar-refractivity contribution in [2.75, 3.05) is 17.7 Å². The third-order valence-corrected chi connectivity index (χ3v) is 18.9. The van der Waals surface area contributed by atoms with Gasteiger partial charge in [0, 0.05) is 70.2 Å². The Morgan fingerprint density at radius 1 is 0.871 bits per heavy atom. The lowest BCUT2D eigenvalue weighted by molar-refractivity contribution is -0.142. The van der Waals surface area contributed by atoms with Gasteiger partial charge in [-0.05, 0) is 128 Å². The zero-order chi connectivity index (χ0) is 49.3. The minimum Gasteiger partial charge on any atom is -0.481 e. The molecule has 1 saturated heterocycles. The van der Waals surface area contributed by atoms with Gasteiger partial charge in [-0.1, -0.05) is 68.5 Å². The molecule has 360 valence electrons. The fourth-order valence-electron chi connectivity index (χ4n) is 10.7. The number of hydrogen-bond acceptors (Lipinski definition) is 11. The van der Waals surface area contributed by atoms with Gasteiger partial charge in [0.05, 0.1) is 10.5 Å². The predicted octanol–water partition coefficient (Wildman–Crippen LogP) is 9.28. The summed E-state index contributed by atoms with van der Waals surface area (Å²) in [6.45, 7) is 5.25. The number of carboxylic acids is 2. The summed E-state index contributed by atoms with van der Waals surface area (Å²) in [5, 5.41) is 22.3. The van der Waals surface area contributed by atoms with E-state index in [2.05, 4.69) is 95.6 Å². The molecule has 4 aromatic carbocycles. The number of carbonyl (C=O) groups excluding carboxylic acids is 1. The van der Waals surface area contributed by atoms with E-state index in [9.17, 15) is 34.2 Å². The van der Waals surface area contributed by atoms with Crippen molar-refractivity contribution < 1.29 is 24.6 Å². The van der Waals surface area contributed by atoms with Gasteiger partial charge >= 0.3 is 11.9 Å². The van der Waals surface area contributed by atoms with E-state index in [4.69, 9.17) is 12.2 Å². The van der Waals surface area contributed by atoms with Crippen molar-refractivity contribution in [3.63, 3.8) is 0 Å². The van der Waals surface area contributed by atoms with Gasteiger partial charge < -0.3 is 19.7 Å². The topological polar surface area (TPSA) is 147 Å². The lowest BCUT2D eigenvalue weighted by atomic mass is 9.94. The van der Waals surface area contributed by atoms with Gasteiger partial charge in [-0.3, -0.25) is 38.0 Å². The molecule has 4 unspecified atom stereocenters. The van der Waals surface area contributed by atoms with Crippen LogP contribution in [0.1, 0.15) is 69.9 Å². The molecule has 3 aromatic heterocycles. The first-order valence-electron chi connectivity index (χ1n) is 23.5. The molecular weight excluding hydrogens is 979 g/mol. The van der Waals surface area contributed by atoms with Crippen molar-refractivity contribution in [2.24, 2.45) is 18.9 Å². The van der Waals surface area contributed by atoms with Crippen LogP contribution in [0.15, 0.2) is 93.3 Å². The van der Waals surface area contributed by atoms with Crippen LogP contribution in [-0.2, 0) is 34.5 Å². The summed E-state index contributed by atoms with van der Waals surface area (Å²) in [5.41, 5.74) is 7.91. The summed E-state index contributed by atoms with van der Waals surface area (Å²) in [7, 11) is 2.12. The van der Waals surface area contributed by atoms with E-state index in [1.54, 1.807) is 24.8 Å². The second-order valence-corrected chi connectivity index (χ2v) is 23.0. The minimum atomic E-state index is -1.24. The zero-order valence-electron chi connectivity index (χ0n) is 39.3. The lowest BCUT2D eigenvalue weighted by Crippen LogP contribution is -2.33. The molecular formula is C53H51N5O7S5. The number of rotatable bonds is 13. The summed E-state index contributed by atoms with van der Waals surface area (Å²) < 4.78 is 6.14. The Kier molecular flexibility index (Phi) is 13.1. The van der Waals surface area contributed by atoms with Crippen molar-refractivity contribution in [1.29, 1.82) is 0 Å². The number of aromatic nitrogens is 3. The quantitative estimate of drug-likeness (QED) is 0.0842. The highest BCUT2D eigenvalue weighted by atomic mass is 32.2. The Morgan fingerprint density at radius 3 is 2.29 bits per heavy atom. The molecule has 0 bridgehead atoms. The van der Waals surface area contributed by atoms with E-state index in [1.807, 2.05) is 19.9 Å². The standard InChI is InChI=1S/C53H51N5O7S5/c1-6-30(52(64)65)21-28(3)26-56-49(63)45(69-51(56)46-48(62)55(7-2)53(66)70-46)50-57(27-44(59)60)47(61)43(68-50)23-29-11-18-42-36(22-29)35-9-8-10-41(35)58(42)33-15-20-40-38(25-33)37-24-32(14-19-39(37)54(40)4)31-12-16-34(67-5)17-13-31/h11-20,22-25,28,30,35,41H,6-10,21,26-27H2,1-5H3,(H,59,60)(H,64,65)/b43-23-,50-45+,51-46+. The average Bonchev–Trinajstić information content (AvgIpc) is 4.19. The Balaban J connectivity index is 1.08. The van der Waals surface area contributed by atoms with Crippen molar-refractivity contribution in [3.8, 4) is 11.1 Å². The molecule has 10 rings (SSSR count). The number of anilines is 2. The van der Waals surface area contributed by atoms with Crippen LogP contribution in [0.2, 0.25) is 0 Å². The highest BCUT2D eigenvalue weighted by Gasteiger charge is 2.42. The number of carbonyl (C=O) groups is 3. The van der Waals surface area contributed by atoms with E-state index in [-0.39, 0.29) is 49.0 Å². The van der Waals surface area contributed by atoms with Crippen LogP contribution in [0.25, 0.3) is 43.9 Å². The molecule has 2 aliphatic heterocycles. The molecule has 12 nitrogen and oxygen atoms in total. The monoisotopic (exact) mass is 1030 g/mol. The second-order valence-electron chi connectivity index (χ2n) is 18.4. The first kappa shape index (κ1) is 47.9. The molecule has 1 saturated carbocycles. The number of carboxylic acid groups (broad SMARTS) is 2. The Bertz CT molecular complexity index is 3680. The molecule has 3 aliphatic rings. The summed E-state index contributed by atoms with van der Waals surface area (Å²) in [6, 6.07) is 28.7. The van der Waals surface area contributed by atoms with Crippen LogP contribution in [0, 0.1) is 21.0 Å². The molecule has 4 atom stereocenters. The number of benzene rings is 4. The predicted molar refractivity (Wildman–Crippen MR) is 288 cm³/mol. The smallest absolute Gasteiger partial charge is 0.323 e. The van der Waals surface area contributed by atoms with Gasteiger partial charge in [0.2, 0.25) is 0 Å². The Labute approximate surface area is 424 Å². The number of thiazole rings is 2. The molecule has 2 fully saturated rings. The van der Waals surface area contributed by atoms with Gasteiger partial charge in [-0.25, -0.2) is 0 Å². The third kappa shape index (κ3) is 8.36. The number of amides is 1. The van der Waals surface area contributed by atoms with Crippen LogP contribution in [-0.4, -0.2) is 69.8 Å². The second kappa shape index (κ2) is 19.1. The molecule has 1 amide bonds. The third-order valence-electron chi connectivity index (χ3n) is 14.2. The van der Waals surface area contributed by atoms with Crippen LogP contribution in [0.5, 0.6) is 0 Å². The summed E-state index contributed by atoms with van der Waals surface area (Å²) >= 11 is 10.4. The van der Waals surface area contributed by atoms with Crippen molar-refractivity contribution in [2.45, 2.75) is 82.8 Å². The molecule has 0 spiro atoms. The van der Waals surface area contributed by atoms with E-state index in [0.29, 0.717) is 28.4 Å². The largest absolute Gasteiger partial charge is 0.481 e. The lowest BCUT2D eigenvalue weighted by Gasteiger charge is -2.27. The van der Waals surface area contributed by atoms with Crippen molar-refractivity contribution >= 4 is 125 Å². The van der Waals surface area contributed by atoms with E-state index >= 15 is 0 Å². The van der Waals surface area contributed by atoms with Crippen LogP contribution < -0.4 is 25.2 Å².